The number of aryl methyl sites for hydroxylation is 1. The monoisotopic (exact) mass is 830 g/mol. The fourth-order valence-electron chi connectivity index (χ4n) is 7.41. The van der Waals surface area contributed by atoms with Crippen LogP contribution < -0.4 is 31.1 Å². The van der Waals surface area contributed by atoms with E-state index in [4.69, 9.17) is 9.89 Å². The number of benzene rings is 1. The SMILES string of the molecule is C=O.CNc1cc(-c2cnn(C3CCN(C(=O)NCCCCCCc4ccc(N(C)C(C)CCC(=O)NC=O)c(N(C)C)c4)CC3)c2)nn2c(C(=O)N[C@@H]3C[C@@H]3F)cnc12. The standard InChI is InChI=1S/C41H57FN12O4.CH2O/c1-27(11-14-38(56)46-26-55)51(5)35-13-12-28(20-36(35)50(3)4)10-8-6-7-9-17-44-41(58)52-18-15-30(16-19-52)53-25-29(23-47-53)32-22-34(43-2)39-45-24-37(54(39)49-32)40(57)48-33-21-31(33)42;1-2/h12-13,20,22-27,30-31,33,43H,6-11,14-19,21H2,1-5H3,(H,44,58)(H,48,57)(H,46,55,56);1H2/t27?,31-,33+;/m0./s1. The molecule has 1 saturated carbocycles. The van der Waals surface area contributed by atoms with Crippen molar-refractivity contribution < 1.29 is 28.4 Å². The molecule has 324 valence electrons. The number of imidazole rings is 1. The van der Waals surface area contributed by atoms with Crippen molar-refractivity contribution in [3.05, 3.63) is 54.1 Å². The van der Waals surface area contributed by atoms with Gasteiger partial charge >= 0.3 is 6.03 Å². The Kier molecular flexibility index (Phi) is 16.0. The molecule has 0 bridgehead atoms. The second-order valence-electron chi connectivity index (χ2n) is 15.6. The lowest BCUT2D eigenvalue weighted by Crippen LogP contribution is -2.45. The van der Waals surface area contributed by atoms with Crippen LogP contribution in [0.1, 0.15) is 86.8 Å². The third-order valence-corrected chi connectivity index (χ3v) is 11.3. The van der Waals surface area contributed by atoms with Crippen LogP contribution in [-0.2, 0) is 20.8 Å². The van der Waals surface area contributed by atoms with Gasteiger partial charge < -0.3 is 35.4 Å². The number of unbranched alkanes of at least 4 members (excludes halogenated alkanes) is 3. The van der Waals surface area contributed by atoms with Crippen LogP contribution in [0.15, 0.2) is 42.9 Å². The summed E-state index contributed by atoms with van der Waals surface area (Å²) in [5.74, 6) is -0.681. The van der Waals surface area contributed by atoms with E-state index >= 15 is 0 Å². The van der Waals surface area contributed by atoms with Gasteiger partial charge in [0.05, 0.1) is 47.2 Å². The summed E-state index contributed by atoms with van der Waals surface area (Å²) in [6.07, 6.45) is 12.4. The lowest BCUT2D eigenvalue weighted by molar-refractivity contribution is -0.125. The third kappa shape index (κ3) is 11.4. The lowest BCUT2D eigenvalue weighted by Gasteiger charge is -2.32. The summed E-state index contributed by atoms with van der Waals surface area (Å²) in [6, 6.07) is 8.20. The normalized spacial score (nSPS) is 16.6. The minimum atomic E-state index is -1.01. The highest BCUT2D eigenvalue weighted by atomic mass is 19.1. The summed E-state index contributed by atoms with van der Waals surface area (Å²) in [7, 11) is 7.89. The predicted octanol–water partition coefficient (Wildman–Crippen LogP) is 4.38. The second-order valence-corrected chi connectivity index (χ2v) is 15.6. The number of rotatable bonds is 19. The number of alkyl halides is 1. The van der Waals surface area contributed by atoms with Crippen molar-refractivity contribution >= 4 is 53.8 Å². The maximum absolute atomic E-state index is 13.4. The largest absolute Gasteiger partial charge is 0.385 e. The van der Waals surface area contributed by atoms with Crippen molar-refractivity contribution in [1.29, 1.82) is 0 Å². The first-order valence-electron chi connectivity index (χ1n) is 20.6. The maximum Gasteiger partial charge on any atom is 0.317 e. The van der Waals surface area contributed by atoms with Gasteiger partial charge in [0.2, 0.25) is 12.3 Å². The summed E-state index contributed by atoms with van der Waals surface area (Å²) in [5.41, 5.74) is 6.33. The van der Waals surface area contributed by atoms with Gasteiger partial charge in [0.25, 0.3) is 5.91 Å². The smallest absolute Gasteiger partial charge is 0.317 e. The van der Waals surface area contributed by atoms with Crippen LogP contribution in [0.5, 0.6) is 0 Å². The Balaban J connectivity index is 0.00000336. The highest BCUT2D eigenvalue weighted by molar-refractivity contribution is 5.94. The molecule has 1 unspecified atom stereocenters. The van der Waals surface area contributed by atoms with E-state index in [1.54, 1.807) is 13.2 Å². The van der Waals surface area contributed by atoms with Crippen LogP contribution in [-0.4, -0.2) is 126 Å². The molecule has 1 aromatic carbocycles. The van der Waals surface area contributed by atoms with Crippen molar-refractivity contribution in [3.8, 4) is 11.3 Å². The molecule has 4 aromatic rings. The maximum atomic E-state index is 13.4. The number of hydrogen-bond donors (Lipinski definition) is 4. The summed E-state index contributed by atoms with van der Waals surface area (Å²) in [4.78, 5) is 66.7. The molecule has 18 heteroatoms. The van der Waals surface area contributed by atoms with Gasteiger partial charge in [0, 0.05) is 78.5 Å². The van der Waals surface area contributed by atoms with Gasteiger partial charge in [-0.15, -0.1) is 0 Å². The van der Waals surface area contributed by atoms with Crippen molar-refractivity contribution in [2.75, 3.05) is 62.9 Å². The van der Waals surface area contributed by atoms with Crippen molar-refractivity contribution in [1.82, 2.24) is 45.2 Å². The van der Waals surface area contributed by atoms with Crippen LogP contribution in [0.25, 0.3) is 16.9 Å². The summed E-state index contributed by atoms with van der Waals surface area (Å²) >= 11 is 0. The predicted molar refractivity (Wildman–Crippen MR) is 229 cm³/mol. The number of imide groups is 1. The quantitative estimate of drug-likeness (QED) is 0.0775. The molecule has 17 nitrogen and oxygen atoms in total. The fourth-order valence-corrected chi connectivity index (χ4v) is 7.41. The Labute approximate surface area is 350 Å². The number of fused-ring (bicyclic) bond motifs is 1. The van der Waals surface area contributed by atoms with Gasteiger partial charge in [-0.1, -0.05) is 18.9 Å². The van der Waals surface area contributed by atoms with Gasteiger partial charge in [-0.3, -0.25) is 24.4 Å². The van der Waals surface area contributed by atoms with E-state index in [0.29, 0.717) is 62.3 Å². The molecule has 4 N–H and O–H groups in total. The van der Waals surface area contributed by atoms with Gasteiger partial charge in [-0.05, 0) is 69.2 Å². The van der Waals surface area contributed by atoms with Crippen molar-refractivity contribution in [3.63, 3.8) is 0 Å². The fraction of sp³-hybridized carbons (Fsp3) is 0.524. The highest BCUT2D eigenvalue weighted by Crippen LogP contribution is 2.32. The summed E-state index contributed by atoms with van der Waals surface area (Å²) in [6.45, 7) is 5.99. The number of amides is 5. The minimum absolute atomic E-state index is 0.0274. The lowest BCUT2D eigenvalue weighted by atomic mass is 10.0. The van der Waals surface area contributed by atoms with Crippen molar-refractivity contribution in [2.45, 2.75) is 95.4 Å². The third-order valence-electron chi connectivity index (χ3n) is 11.3. The molecular formula is C42H59FN12O5. The number of nitrogens with zero attached hydrogens (tertiary/aromatic N) is 8. The molecule has 2 fully saturated rings. The van der Waals surface area contributed by atoms with Gasteiger partial charge in [-0.2, -0.15) is 10.2 Å². The number of urea groups is 1. The highest BCUT2D eigenvalue weighted by Gasteiger charge is 2.39. The van der Waals surface area contributed by atoms with Crippen molar-refractivity contribution in [2.24, 2.45) is 0 Å². The number of carbonyl (C=O) groups is 5. The van der Waals surface area contributed by atoms with Gasteiger partial charge in [-0.25, -0.2) is 18.7 Å². The van der Waals surface area contributed by atoms with E-state index in [-0.39, 0.29) is 29.7 Å². The van der Waals surface area contributed by atoms with Crippen LogP contribution in [0.3, 0.4) is 0 Å². The Morgan fingerprint density at radius 1 is 1.03 bits per heavy atom. The zero-order valence-electron chi connectivity index (χ0n) is 35.3. The molecule has 2 aliphatic rings. The van der Waals surface area contributed by atoms with Gasteiger partial charge in [0.1, 0.15) is 13.0 Å². The van der Waals surface area contributed by atoms with E-state index in [2.05, 4.69) is 66.3 Å². The zero-order chi connectivity index (χ0) is 43.3. The topological polar surface area (TPSA) is 191 Å². The molecule has 5 amide bonds. The molecule has 1 saturated heterocycles. The van der Waals surface area contributed by atoms with Crippen LogP contribution in [0.4, 0.5) is 26.2 Å². The van der Waals surface area contributed by atoms with E-state index in [1.807, 2.05) is 49.8 Å². The summed E-state index contributed by atoms with van der Waals surface area (Å²) in [5, 5.41) is 20.5. The molecule has 0 radical (unpaired) electrons. The van der Waals surface area contributed by atoms with Crippen LogP contribution in [0, 0.1) is 0 Å². The molecule has 60 heavy (non-hydrogen) atoms. The number of likely N-dealkylation sites (tertiary alicyclic amines) is 1. The van der Waals surface area contributed by atoms with E-state index < -0.39 is 18.1 Å². The Bertz CT molecular complexity index is 2080. The van der Waals surface area contributed by atoms with Gasteiger partial charge in [0.15, 0.2) is 11.3 Å². The Morgan fingerprint density at radius 2 is 1.77 bits per heavy atom. The Hall–Kier alpha value is -6.07. The van der Waals surface area contributed by atoms with E-state index in [0.717, 1.165) is 61.9 Å². The number of nitrogens with one attached hydrogen (secondary N) is 4. The number of hydrogen-bond acceptors (Lipinski definition) is 11. The summed E-state index contributed by atoms with van der Waals surface area (Å²) < 4.78 is 16.9. The molecule has 1 aliphatic heterocycles. The number of piperidine rings is 1. The van der Waals surface area contributed by atoms with E-state index in [9.17, 15) is 23.6 Å². The molecular weight excluding hydrogens is 772 g/mol. The number of halogens is 1. The van der Waals surface area contributed by atoms with Crippen LogP contribution in [0.2, 0.25) is 0 Å². The number of carbonyl (C=O) groups excluding carboxylic acids is 5. The average molecular weight is 831 g/mol. The minimum Gasteiger partial charge on any atom is -0.385 e. The first-order valence-corrected chi connectivity index (χ1v) is 20.6. The molecule has 1 aliphatic carbocycles. The zero-order valence-corrected chi connectivity index (χ0v) is 35.3. The molecule has 4 heterocycles. The average Bonchev–Trinajstić information content (AvgIpc) is 3.58. The number of aromatic nitrogens is 5. The van der Waals surface area contributed by atoms with Crippen LogP contribution >= 0.6 is 0 Å². The first kappa shape index (κ1) is 45.0. The first-order chi connectivity index (χ1) is 29.0. The van der Waals surface area contributed by atoms with E-state index in [1.165, 1.54) is 16.3 Å². The molecule has 3 aromatic heterocycles. The molecule has 3 atom stereocenters. The number of anilines is 3. The molecule has 0 spiro atoms. The Morgan fingerprint density at radius 3 is 2.45 bits per heavy atom. The second kappa shape index (κ2) is 21.3. The molecule has 6 rings (SSSR count).